The maximum atomic E-state index is 3.67. The van der Waals surface area contributed by atoms with Crippen molar-refractivity contribution in [1.82, 2.24) is 9.62 Å². The van der Waals surface area contributed by atoms with E-state index < -0.39 is 0 Å². The molecule has 0 saturated carbocycles. The lowest BCUT2D eigenvalue weighted by atomic mass is 10.7. The van der Waals surface area contributed by atoms with E-state index in [1.807, 2.05) is 0 Å². The SMILES string of the molecule is [CH2]SN1CCNC1. The predicted molar refractivity (Wildman–Crippen MR) is 32.5 cm³/mol. The van der Waals surface area contributed by atoms with E-state index in [4.69, 9.17) is 0 Å². The highest BCUT2D eigenvalue weighted by Crippen LogP contribution is 2.06. The molecule has 1 rings (SSSR count). The first-order chi connectivity index (χ1) is 3.43. The van der Waals surface area contributed by atoms with E-state index in [9.17, 15) is 0 Å². The third kappa shape index (κ3) is 1.33. The lowest BCUT2D eigenvalue weighted by Gasteiger charge is -2.05. The van der Waals surface area contributed by atoms with Crippen LogP contribution in [-0.2, 0) is 0 Å². The van der Waals surface area contributed by atoms with Crippen LogP contribution in [0.5, 0.6) is 0 Å². The van der Waals surface area contributed by atoms with Gasteiger partial charge in [-0.15, -0.1) is 0 Å². The van der Waals surface area contributed by atoms with Crippen molar-refractivity contribution in [3.8, 4) is 0 Å². The molecule has 0 aliphatic carbocycles. The molecule has 1 fully saturated rings. The first-order valence-electron chi connectivity index (χ1n) is 2.31. The zero-order valence-electron chi connectivity index (χ0n) is 4.18. The normalized spacial score (nSPS) is 23.6. The fraction of sp³-hybridized carbons (Fsp3) is 0.750. The minimum atomic E-state index is 0.994. The van der Waals surface area contributed by atoms with E-state index in [1.54, 1.807) is 11.9 Å². The highest BCUT2D eigenvalue weighted by atomic mass is 32.2. The minimum absolute atomic E-state index is 0.994. The molecule has 1 radical (unpaired) electrons. The fourth-order valence-corrected chi connectivity index (χ4v) is 1.000. The summed E-state index contributed by atoms with van der Waals surface area (Å²) in [5.74, 6) is 0. The molecule has 1 aliphatic heterocycles. The van der Waals surface area contributed by atoms with Gasteiger partial charge >= 0.3 is 0 Å². The number of nitrogens with one attached hydrogen (secondary N) is 1. The van der Waals surface area contributed by atoms with Crippen LogP contribution in [0.4, 0.5) is 0 Å². The van der Waals surface area contributed by atoms with Crippen molar-refractivity contribution in [2.45, 2.75) is 0 Å². The Kier molecular flexibility index (Phi) is 1.97. The van der Waals surface area contributed by atoms with Gasteiger partial charge in [0.1, 0.15) is 0 Å². The number of nitrogens with zero attached hydrogens (tertiary/aromatic N) is 1. The van der Waals surface area contributed by atoms with Gasteiger partial charge in [0.25, 0.3) is 0 Å². The third-order valence-electron chi connectivity index (χ3n) is 1.01. The highest BCUT2D eigenvalue weighted by Gasteiger charge is 2.06. The molecule has 0 aromatic rings. The van der Waals surface area contributed by atoms with E-state index in [0.29, 0.717) is 0 Å². The van der Waals surface area contributed by atoms with E-state index in [1.165, 1.54) is 0 Å². The van der Waals surface area contributed by atoms with Crippen LogP contribution >= 0.6 is 11.9 Å². The molecule has 0 amide bonds. The first-order valence-corrected chi connectivity index (χ1v) is 3.25. The van der Waals surface area contributed by atoms with Crippen LogP contribution in [-0.4, -0.2) is 24.1 Å². The molecule has 0 spiro atoms. The molecule has 1 N–H and O–H groups in total. The fourth-order valence-electron chi connectivity index (χ4n) is 0.597. The summed E-state index contributed by atoms with van der Waals surface area (Å²) in [7, 11) is 0. The van der Waals surface area contributed by atoms with Gasteiger partial charge in [0.05, 0.1) is 6.67 Å². The quantitative estimate of drug-likeness (QED) is 0.497. The van der Waals surface area contributed by atoms with Crippen LogP contribution < -0.4 is 5.32 Å². The average Bonchev–Trinajstić information content (AvgIpc) is 2.14. The molecule has 0 aromatic carbocycles. The van der Waals surface area contributed by atoms with Gasteiger partial charge in [-0.2, -0.15) is 0 Å². The summed E-state index contributed by atoms with van der Waals surface area (Å²) in [6, 6.07) is 0. The summed E-state index contributed by atoms with van der Waals surface area (Å²) in [5, 5.41) is 3.19. The average molecular weight is 117 g/mol. The zero-order valence-corrected chi connectivity index (χ0v) is 5.00. The van der Waals surface area contributed by atoms with Crippen LogP contribution in [0.1, 0.15) is 0 Å². The van der Waals surface area contributed by atoms with Gasteiger partial charge in [0.15, 0.2) is 0 Å². The second kappa shape index (κ2) is 2.55. The second-order valence-electron chi connectivity index (χ2n) is 1.49. The largest absolute Gasteiger partial charge is 0.302 e. The van der Waals surface area contributed by atoms with Gasteiger partial charge in [-0.05, 0) is 0 Å². The summed E-state index contributed by atoms with van der Waals surface area (Å²) in [4.78, 5) is 0. The molecule has 2 nitrogen and oxygen atoms in total. The minimum Gasteiger partial charge on any atom is -0.302 e. The molecule has 0 aromatic heterocycles. The molecular weight excluding hydrogens is 108 g/mol. The van der Waals surface area contributed by atoms with Gasteiger partial charge in [0.2, 0.25) is 0 Å². The van der Waals surface area contributed by atoms with Gasteiger partial charge in [-0.1, -0.05) is 11.9 Å². The maximum absolute atomic E-state index is 3.67. The monoisotopic (exact) mass is 117 g/mol. The molecule has 1 saturated heterocycles. The molecule has 0 atom stereocenters. The molecule has 1 aliphatic rings. The molecule has 3 heteroatoms. The van der Waals surface area contributed by atoms with Gasteiger partial charge < -0.3 is 5.32 Å². The summed E-state index contributed by atoms with van der Waals surface area (Å²) >= 11 is 1.55. The van der Waals surface area contributed by atoms with E-state index in [-0.39, 0.29) is 0 Å². The van der Waals surface area contributed by atoms with Crippen LogP contribution in [0.3, 0.4) is 0 Å². The number of hydrogen-bond acceptors (Lipinski definition) is 3. The predicted octanol–water partition coefficient (Wildman–Crippen LogP) is 0.289. The van der Waals surface area contributed by atoms with Crippen molar-refractivity contribution in [2.24, 2.45) is 0 Å². The van der Waals surface area contributed by atoms with Crippen molar-refractivity contribution in [1.29, 1.82) is 0 Å². The smallest absolute Gasteiger partial charge is 0.0582 e. The van der Waals surface area contributed by atoms with Crippen molar-refractivity contribution in [3.05, 3.63) is 6.26 Å². The molecular formula is C4H9N2S. The van der Waals surface area contributed by atoms with E-state index in [2.05, 4.69) is 15.9 Å². The van der Waals surface area contributed by atoms with E-state index >= 15 is 0 Å². The van der Waals surface area contributed by atoms with E-state index in [0.717, 1.165) is 19.8 Å². The Balaban J connectivity index is 2.14. The lowest BCUT2D eigenvalue weighted by Crippen LogP contribution is -2.12. The van der Waals surface area contributed by atoms with Gasteiger partial charge in [-0.25, -0.2) is 4.31 Å². The number of rotatable bonds is 1. The zero-order chi connectivity index (χ0) is 5.11. The number of hydrogen-bond donors (Lipinski definition) is 1. The second-order valence-corrected chi connectivity index (χ2v) is 2.27. The molecule has 41 valence electrons. The highest BCUT2D eigenvalue weighted by molar-refractivity contribution is 7.98. The Morgan fingerprint density at radius 2 is 2.57 bits per heavy atom. The summed E-state index contributed by atoms with van der Waals surface area (Å²) in [6.45, 7) is 3.24. The third-order valence-corrected chi connectivity index (χ3v) is 1.69. The first kappa shape index (κ1) is 5.41. The van der Waals surface area contributed by atoms with Gasteiger partial charge in [0, 0.05) is 19.3 Å². The summed E-state index contributed by atoms with van der Waals surface area (Å²) < 4.78 is 2.18. The topological polar surface area (TPSA) is 15.3 Å². The lowest BCUT2D eigenvalue weighted by molar-refractivity contribution is 0.579. The Bertz CT molecular complexity index is 51.7. The molecule has 7 heavy (non-hydrogen) atoms. The Morgan fingerprint density at radius 3 is 2.86 bits per heavy atom. The molecule has 0 unspecified atom stereocenters. The molecule has 0 bridgehead atoms. The Morgan fingerprint density at radius 1 is 1.71 bits per heavy atom. The summed E-state index contributed by atoms with van der Waals surface area (Å²) in [6.07, 6.45) is 3.67. The summed E-state index contributed by atoms with van der Waals surface area (Å²) in [5.41, 5.74) is 0. The van der Waals surface area contributed by atoms with Crippen molar-refractivity contribution in [2.75, 3.05) is 19.8 Å². The Labute approximate surface area is 48.4 Å². The van der Waals surface area contributed by atoms with Gasteiger partial charge in [-0.3, -0.25) is 0 Å². The van der Waals surface area contributed by atoms with Crippen molar-refractivity contribution in [3.63, 3.8) is 0 Å². The van der Waals surface area contributed by atoms with Crippen molar-refractivity contribution >= 4 is 11.9 Å². The molecule has 1 heterocycles. The van der Waals surface area contributed by atoms with Crippen LogP contribution in [0.2, 0.25) is 0 Å². The standard InChI is InChI=1S/C4H9N2S/c1-7-6-3-2-5-4-6/h5H,1-4H2. The van der Waals surface area contributed by atoms with Crippen LogP contribution in [0.15, 0.2) is 0 Å². The van der Waals surface area contributed by atoms with Crippen LogP contribution in [0.25, 0.3) is 0 Å². The Hall–Kier alpha value is 0.270. The maximum Gasteiger partial charge on any atom is 0.0582 e. The van der Waals surface area contributed by atoms with Crippen molar-refractivity contribution < 1.29 is 0 Å². The van der Waals surface area contributed by atoms with Crippen LogP contribution in [0, 0.1) is 6.26 Å².